The van der Waals surface area contributed by atoms with Crippen molar-refractivity contribution in [1.82, 2.24) is 14.9 Å². The van der Waals surface area contributed by atoms with Crippen molar-refractivity contribution in [2.75, 3.05) is 32.6 Å². The maximum absolute atomic E-state index is 13.4. The second kappa shape index (κ2) is 11.0. The van der Waals surface area contributed by atoms with Gasteiger partial charge in [0.1, 0.15) is 0 Å². The summed E-state index contributed by atoms with van der Waals surface area (Å²) in [6, 6.07) is 8.77. The molecule has 2 aliphatic rings. The van der Waals surface area contributed by atoms with E-state index in [9.17, 15) is 4.21 Å². The maximum atomic E-state index is 13.4. The molecule has 2 aromatic rings. The molecule has 172 valence electrons. The number of fused-ring (bicyclic) bond motifs is 1. The Morgan fingerprint density at radius 1 is 1.16 bits per heavy atom. The maximum Gasteiger partial charge on any atom is 0.197 e. The molecule has 0 amide bonds. The highest BCUT2D eigenvalue weighted by Gasteiger charge is 2.40. The van der Waals surface area contributed by atoms with Crippen LogP contribution in [0.5, 0.6) is 0 Å². The predicted octanol–water partition coefficient (Wildman–Crippen LogP) is 4.14. The number of ether oxygens (including phenoxy) is 2. The van der Waals surface area contributed by atoms with Crippen LogP contribution in [0, 0.1) is 5.92 Å². The van der Waals surface area contributed by atoms with Crippen LogP contribution in [-0.2, 0) is 20.3 Å². The van der Waals surface area contributed by atoms with Crippen molar-refractivity contribution >= 4 is 21.8 Å². The molecule has 7 heteroatoms. The normalized spacial score (nSPS) is 27.0. The van der Waals surface area contributed by atoms with Gasteiger partial charge in [-0.25, -0.2) is 4.98 Å². The number of hydrogen-bond acceptors (Lipinski definition) is 5. The molecule has 1 aromatic carbocycles. The van der Waals surface area contributed by atoms with Crippen molar-refractivity contribution in [2.24, 2.45) is 5.92 Å². The Bertz CT molecular complexity index is 818. The van der Waals surface area contributed by atoms with E-state index in [1.807, 2.05) is 24.3 Å². The number of imidazole rings is 1. The number of benzene rings is 1. The molecule has 31 heavy (non-hydrogen) atoms. The predicted molar refractivity (Wildman–Crippen MR) is 125 cm³/mol. The number of nitrogens with zero attached hydrogens (tertiary/aromatic N) is 2. The van der Waals surface area contributed by atoms with Gasteiger partial charge in [-0.1, -0.05) is 38.3 Å². The fraction of sp³-hybridized carbons (Fsp3) is 0.708. The standard InChI is InChI=1S/C24H37N3O3S/c1-18-22(17-31(28)24-25-20-11-6-7-12-21(20)26-24)27(19-9-4-3-5-10-19)14-13-23(18)30-16-8-15-29-2/h6-7,11-12,18-19,22-23H,3-5,8-10,13-17H2,1-2H3,(H,25,26). The summed E-state index contributed by atoms with van der Waals surface area (Å²) in [5, 5.41) is 0.597. The van der Waals surface area contributed by atoms with Gasteiger partial charge < -0.3 is 14.5 Å². The van der Waals surface area contributed by atoms with E-state index in [1.54, 1.807) is 7.11 Å². The number of H-pyrrole nitrogens is 1. The highest BCUT2D eigenvalue weighted by Crippen LogP contribution is 2.33. The van der Waals surface area contributed by atoms with E-state index >= 15 is 0 Å². The van der Waals surface area contributed by atoms with Crippen LogP contribution in [0.4, 0.5) is 0 Å². The molecule has 1 N–H and O–H groups in total. The van der Waals surface area contributed by atoms with E-state index in [0.29, 0.717) is 22.9 Å². The van der Waals surface area contributed by atoms with Crippen LogP contribution in [0.3, 0.4) is 0 Å². The molecule has 1 aromatic heterocycles. The number of nitrogens with one attached hydrogen (secondary N) is 1. The van der Waals surface area contributed by atoms with E-state index in [2.05, 4.69) is 21.8 Å². The van der Waals surface area contributed by atoms with Crippen molar-refractivity contribution in [3.8, 4) is 0 Å². The van der Waals surface area contributed by atoms with E-state index in [-0.39, 0.29) is 12.1 Å². The lowest BCUT2D eigenvalue weighted by atomic mass is 9.84. The lowest BCUT2D eigenvalue weighted by Gasteiger charge is -2.48. The van der Waals surface area contributed by atoms with E-state index in [1.165, 1.54) is 32.1 Å². The minimum absolute atomic E-state index is 0.217. The number of hydrogen-bond donors (Lipinski definition) is 1. The molecular formula is C24H37N3O3S. The fourth-order valence-electron chi connectivity index (χ4n) is 5.31. The first-order chi connectivity index (χ1) is 15.2. The first kappa shape index (κ1) is 22.9. The lowest BCUT2D eigenvalue weighted by Crippen LogP contribution is -2.57. The minimum atomic E-state index is -1.17. The average Bonchev–Trinajstić information content (AvgIpc) is 3.24. The Balaban J connectivity index is 1.48. The molecule has 1 aliphatic heterocycles. The third kappa shape index (κ3) is 5.56. The second-order valence-corrected chi connectivity index (χ2v) is 10.5. The zero-order chi connectivity index (χ0) is 21.6. The highest BCUT2D eigenvalue weighted by atomic mass is 32.2. The Labute approximate surface area is 188 Å². The first-order valence-electron chi connectivity index (χ1n) is 11.9. The summed E-state index contributed by atoms with van der Waals surface area (Å²) < 4.78 is 24.8. The van der Waals surface area contributed by atoms with E-state index in [4.69, 9.17) is 9.47 Å². The zero-order valence-corrected chi connectivity index (χ0v) is 19.7. The summed E-state index contributed by atoms with van der Waals surface area (Å²) in [5.74, 6) is 0.946. The summed E-state index contributed by atoms with van der Waals surface area (Å²) >= 11 is 0. The monoisotopic (exact) mass is 447 g/mol. The minimum Gasteiger partial charge on any atom is -0.385 e. The van der Waals surface area contributed by atoms with Crippen LogP contribution in [-0.4, -0.2) is 69.9 Å². The summed E-state index contributed by atoms with van der Waals surface area (Å²) in [6.45, 7) is 4.78. The van der Waals surface area contributed by atoms with Gasteiger partial charge in [0.05, 0.1) is 27.9 Å². The number of para-hydroxylation sites is 2. The SMILES string of the molecule is COCCCOC1CCN(C2CCCCC2)C(CS(=O)c2nc3ccccc3[nH]2)C1C. The van der Waals surface area contributed by atoms with Gasteiger partial charge in [-0.15, -0.1) is 0 Å². The van der Waals surface area contributed by atoms with Crippen LogP contribution < -0.4 is 0 Å². The van der Waals surface area contributed by atoms with Crippen LogP contribution >= 0.6 is 0 Å². The van der Waals surface area contributed by atoms with Crippen molar-refractivity contribution in [2.45, 2.75) is 75.2 Å². The number of rotatable bonds is 9. The quantitative estimate of drug-likeness (QED) is 0.585. The molecule has 4 unspecified atom stereocenters. The van der Waals surface area contributed by atoms with Crippen LogP contribution in [0.25, 0.3) is 11.0 Å². The molecule has 1 saturated carbocycles. The van der Waals surface area contributed by atoms with Gasteiger partial charge >= 0.3 is 0 Å². The number of likely N-dealkylation sites (tertiary alicyclic amines) is 1. The molecule has 4 rings (SSSR count). The van der Waals surface area contributed by atoms with Crippen LogP contribution in [0.1, 0.15) is 51.9 Å². The number of methoxy groups -OCH3 is 1. The molecule has 1 aliphatic carbocycles. The van der Waals surface area contributed by atoms with Gasteiger partial charge in [-0.3, -0.25) is 9.11 Å². The second-order valence-electron chi connectivity index (χ2n) is 9.07. The third-order valence-corrected chi connectivity index (χ3v) is 8.33. The molecule has 0 radical (unpaired) electrons. The largest absolute Gasteiger partial charge is 0.385 e. The molecule has 2 heterocycles. The number of aromatic amines is 1. The third-order valence-electron chi connectivity index (χ3n) is 7.07. The molecule has 4 atom stereocenters. The van der Waals surface area contributed by atoms with Gasteiger partial charge in [0.25, 0.3) is 0 Å². The Morgan fingerprint density at radius 3 is 2.74 bits per heavy atom. The first-order valence-corrected chi connectivity index (χ1v) is 13.2. The Hall–Kier alpha value is -1.28. The van der Waals surface area contributed by atoms with Crippen molar-refractivity contribution in [3.63, 3.8) is 0 Å². The molecule has 6 nitrogen and oxygen atoms in total. The van der Waals surface area contributed by atoms with Crippen molar-refractivity contribution in [3.05, 3.63) is 24.3 Å². The summed E-state index contributed by atoms with van der Waals surface area (Å²) in [7, 11) is 0.564. The Morgan fingerprint density at radius 2 is 1.97 bits per heavy atom. The van der Waals surface area contributed by atoms with Gasteiger partial charge in [-0.05, 0) is 43.7 Å². The topological polar surface area (TPSA) is 67.5 Å². The van der Waals surface area contributed by atoms with E-state index in [0.717, 1.165) is 43.6 Å². The molecule has 1 saturated heterocycles. The summed E-state index contributed by atoms with van der Waals surface area (Å²) in [4.78, 5) is 10.6. The molecule has 2 fully saturated rings. The lowest BCUT2D eigenvalue weighted by molar-refractivity contribution is -0.0681. The van der Waals surface area contributed by atoms with E-state index < -0.39 is 10.8 Å². The van der Waals surface area contributed by atoms with Gasteiger partial charge in [0, 0.05) is 44.7 Å². The molecule has 0 spiro atoms. The number of piperidine rings is 1. The number of aromatic nitrogens is 2. The fourth-order valence-corrected chi connectivity index (χ4v) is 6.70. The zero-order valence-electron chi connectivity index (χ0n) is 18.9. The van der Waals surface area contributed by atoms with Crippen molar-refractivity contribution in [1.29, 1.82) is 0 Å². The van der Waals surface area contributed by atoms with Crippen LogP contribution in [0.15, 0.2) is 29.4 Å². The summed E-state index contributed by atoms with van der Waals surface area (Å²) in [6.07, 6.45) is 8.69. The summed E-state index contributed by atoms with van der Waals surface area (Å²) in [5.41, 5.74) is 1.83. The van der Waals surface area contributed by atoms with Gasteiger partial charge in [0.2, 0.25) is 0 Å². The highest BCUT2D eigenvalue weighted by molar-refractivity contribution is 7.84. The molecular weight excluding hydrogens is 410 g/mol. The average molecular weight is 448 g/mol. The van der Waals surface area contributed by atoms with Crippen molar-refractivity contribution < 1.29 is 13.7 Å². The Kier molecular flexibility index (Phi) is 8.15. The van der Waals surface area contributed by atoms with Crippen LogP contribution in [0.2, 0.25) is 0 Å². The smallest absolute Gasteiger partial charge is 0.197 e. The van der Waals surface area contributed by atoms with Gasteiger partial charge in [-0.2, -0.15) is 0 Å². The van der Waals surface area contributed by atoms with Gasteiger partial charge in [0.15, 0.2) is 5.16 Å². The molecule has 0 bridgehead atoms.